The molecule has 3 rings (SSSR count). The van der Waals surface area contributed by atoms with Crippen molar-refractivity contribution in [1.82, 2.24) is 4.90 Å². The van der Waals surface area contributed by atoms with Crippen molar-refractivity contribution in [2.45, 2.75) is 26.9 Å². The summed E-state index contributed by atoms with van der Waals surface area (Å²) in [6.07, 6.45) is 0.0481. The smallest absolute Gasteiger partial charge is 0.278 e. The molecule has 0 bridgehead atoms. The van der Waals surface area contributed by atoms with Gasteiger partial charge >= 0.3 is 0 Å². The Labute approximate surface area is 187 Å². The number of hydrogen-bond donors (Lipinski definition) is 2. The molecule has 0 aliphatic carbocycles. The summed E-state index contributed by atoms with van der Waals surface area (Å²) >= 11 is 0. The van der Waals surface area contributed by atoms with Crippen molar-refractivity contribution in [2.75, 3.05) is 30.9 Å². The highest BCUT2D eigenvalue weighted by atomic mass is 16.5. The maximum absolute atomic E-state index is 13.1. The maximum atomic E-state index is 13.1. The Hall–Kier alpha value is -3.65. The average Bonchev–Trinajstić information content (AvgIpc) is 2.97. The molecule has 0 saturated heterocycles. The van der Waals surface area contributed by atoms with Crippen LogP contribution < -0.4 is 15.4 Å². The molecule has 2 aromatic rings. The molecule has 8 heteroatoms. The number of nitrogens with zero attached hydrogens (tertiary/aromatic N) is 1. The lowest BCUT2D eigenvalue weighted by molar-refractivity contribution is -0.137. The molecular weight excluding hydrogens is 410 g/mol. The number of methoxy groups -OCH3 is 1. The normalized spacial score (nSPS) is 13.7. The Morgan fingerprint density at radius 3 is 2.16 bits per heavy atom. The van der Waals surface area contributed by atoms with Crippen molar-refractivity contribution in [1.29, 1.82) is 0 Å². The van der Waals surface area contributed by atoms with Crippen LogP contribution in [0, 0.1) is 0 Å². The van der Waals surface area contributed by atoms with Gasteiger partial charge in [-0.2, -0.15) is 0 Å². The minimum atomic E-state index is -0.421. The van der Waals surface area contributed by atoms with Crippen LogP contribution in [0.1, 0.15) is 26.3 Å². The number of carbonyl (C=O) groups excluding carboxylic acids is 3. The fourth-order valence-corrected chi connectivity index (χ4v) is 3.30. The van der Waals surface area contributed by atoms with Crippen molar-refractivity contribution in [3.05, 3.63) is 59.8 Å². The molecule has 8 nitrogen and oxygen atoms in total. The first-order valence-corrected chi connectivity index (χ1v) is 10.3. The van der Waals surface area contributed by atoms with Crippen molar-refractivity contribution < 1.29 is 23.9 Å². The number of benzene rings is 2. The third kappa shape index (κ3) is 5.33. The van der Waals surface area contributed by atoms with Crippen LogP contribution in [-0.2, 0) is 19.1 Å². The van der Waals surface area contributed by atoms with E-state index in [1.54, 1.807) is 48.5 Å². The molecule has 168 valence electrons. The van der Waals surface area contributed by atoms with E-state index in [2.05, 4.69) is 10.6 Å². The molecule has 0 atom stereocenters. The van der Waals surface area contributed by atoms with Gasteiger partial charge in [-0.1, -0.05) is 12.1 Å². The zero-order valence-corrected chi connectivity index (χ0v) is 18.6. The first kappa shape index (κ1) is 23.0. The van der Waals surface area contributed by atoms with Gasteiger partial charge in [0.05, 0.1) is 24.8 Å². The first-order chi connectivity index (χ1) is 15.3. The Morgan fingerprint density at radius 2 is 1.59 bits per heavy atom. The number of hydrogen-bond acceptors (Lipinski definition) is 6. The summed E-state index contributed by atoms with van der Waals surface area (Å²) in [6.45, 7) is 5.69. The minimum Gasteiger partial charge on any atom is -0.491 e. The molecule has 0 aromatic heterocycles. The summed E-state index contributed by atoms with van der Waals surface area (Å²) in [7, 11) is 1.51. The highest BCUT2D eigenvalue weighted by Gasteiger charge is 2.38. The lowest BCUT2D eigenvalue weighted by atomic mass is 10.0. The molecule has 1 aliphatic heterocycles. The lowest BCUT2D eigenvalue weighted by Gasteiger charge is -2.14. The minimum absolute atomic E-state index is 0.0481. The topological polar surface area (TPSA) is 97.0 Å². The first-order valence-electron chi connectivity index (χ1n) is 10.3. The third-order valence-corrected chi connectivity index (χ3v) is 4.68. The molecule has 1 aliphatic rings. The van der Waals surface area contributed by atoms with Crippen molar-refractivity contribution in [3.63, 3.8) is 0 Å². The summed E-state index contributed by atoms with van der Waals surface area (Å²) in [5, 5.41) is 5.79. The molecule has 0 fully saturated rings. The van der Waals surface area contributed by atoms with Gasteiger partial charge in [-0.15, -0.1) is 0 Å². The van der Waals surface area contributed by atoms with Gasteiger partial charge in [0.1, 0.15) is 11.4 Å². The standard InChI is InChI=1S/C24H27N3O5/c1-15(2)32-20-11-9-19(10-12-20)26-22-21(23(29)27(24(22)30)13-14-31-4)17-5-7-18(8-6-17)25-16(3)28/h5-12,15,26H,13-14H2,1-4H3,(H,25,28). The Bertz CT molecular complexity index is 1030. The number of nitrogens with one attached hydrogen (secondary N) is 2. The predicted octanol–water partition coefficient (Wildman–Crippen LogP) is 3.27. The highest BCUT2D eigenvalue weighted by Crippen LogP contribution is 2.31. The molecule has 32 heavy (non-hydrogen) atoms. The SMILES string of the molecule is COCCN1C(=O)C(Nc2ccc(OC(C)C)cc2)=C(c2ccc(NC(C)=O)cc2)C1=O. The Kier molecular flexibility index (Phi) is 7.27. The van der Waals surface area contributed by atoms with E-state index in [0.29, 0.717) is 22.7 Å². The number of imide groups is 1. The van der Waals surface area contributed by atoms with Gasteiger partial charge in [0.25, 0.3) is 11.8 Å². The number of anilines is 2. The Balaban J connectivity index is 1.94. The summed E-state index contributed by atoms with van der Waals surface area (Å²) < 4.78 is 10.7. The third-order valence-electron chi connectivity index (χ3n) is 4.68. The van der Waals surface area contributed by atoms with Crippen molar-refractivity contribution in [2.24, 2.45) is 0 Å². The number of carbonyl (C=O) groups is 3. The number of rotatable bonds is 9. The van der Waals surface area contributed by atoms with Crippen LogP contribution in [0.3, 0.4) is 0 Å². The quantitative estimate of drug-likeness (QED) is 0.585. The monoisotopic (exact) mass is 437 g/mol. The molecule has 3 amide bonds. The Morgan fingerprint density at radius 1 is 0.969 bits per heavy atom. The van der Waals surface area contributed by atoms with Crippen LogP contribution in [0.4, 0.5) is 11.4 Å². The van der Waals surface area contributed by atoms with Crippen molar-refractivity contribution >= 4 is 34.7 Å². The van der Waals surface area contributed by atoms with Crippen LogP contribution >= 0.6 is 0 Å². The lowest BCUT2D eigenvalue weighted by Crippen LogP contribution is -2.35. The number of ether oxygens (including phenoxy) is 2. The van der Waals surface area contributed by atoms with Gasteiger partial charge < -0.3 is 20.1 Å². The second kappa shape index (κ2) is 10.1. The van der Waals surface area contributed by atoms with E-state index < -0.39 is 11.8 Å². The largest absolute Gasteiger partial charge is 0.491 e. The molecule has 0 saturated carbocycles. The molecule has 0 radical (unpaired) electrons. The molecule has 0 spiro atoms. The fraction of sp³-hybridized carbons (Fsp3) is 0.292. The van der Waals surface area contributed by atoms with E-state index >= 15 is 0 Å². The second-order valence-corrected chi connectivity index (χ2v) is 7.58. The van der Waals surface area contributed by atoms with E-state index in [4.69, 9.17) is 9.47 Å². The fourth-order valence-electron chi connectivity index (χ4n) is 3.30. The van der Waals surface area contributed by atoms with E-state index in [9.17, 15) is 14.4 Å². The van der Waals surface area contributed by atoms with Gasteiger partial charge in [0.15, 0.2) is 0 Å². The van der Waals surface area contributed by atoms with Gasteiger partial charge in [-0.25, -0.2) is 0 Å². The summed E-state index contributed by atoms with van der Waals surface area (Å²) in [6, 6.07) is 14.0. The van der Waals surface area contributed by atoms with Crippen molar-refractivity contribution in [3.8, 4) is 5.75 Å². The van der Waals surface area contributed by atoms with E-state index in [-0.39, 0.29) is 36.4 Å². The molecule has 0 unspecified atom stereocenters. The van der Waals surface area contributed by atoms with Crippen LogP contribution in [0.2, 0.25) is 0 Å². The summed E-state index contributed by atoms with van der Waals surface area (Å²) in [5.41, 5.74) is 2.28. The second-order valence-electron chi connectivity index (χ2n) is 7.58. The number of amides is 3. The zero-order chi connectivity index (χ0) is 23.3. The van der Waals surface area contributed by atoms with Crippen LogP contribution in [0.5, 0.6) is 5.75 Å². The predicted molar refractivity (Wildman–Crippen MR) is 122 cm³/mol. The molecular formula is C24H27N3O5. The zero-order valence-electron chi connectivity index (χ0n) is 18.6. The molecule has 2 N–H and O–H groups in total. The summed E-state index contributed by atoms with van der Waals surface area (Å²) in [5.74, 6) is -0.303. The van der Waals surface area contributed by atoms with Crippen LogP contribution in [0.15, 0.2) is 54.2 Å². The van der Waals surface area contributed by atoms with Crippen LogP contribution in [0.25, 0.3) is 5.57 Å². The highest BCUT2D eigenvalue weighted by molar-refractivity contribution is 6.36. The maximum Gasteiger partial charge on any atom is 0.278 e. The van der Waals surface area contributed by atoms with E-state index in [0.717, 1.165) is 0 Å². The van der Waals surface area contributed by atoms with E-state index in [1.807, 2.05) is 13.8 Å². The van der Waals surface area contributed by atoms with E-state index in [1.165, 1.54) is 18.9 Å². The average molecular weight is 437 g/mol. The van der Waals surface area contributed by atoms with Crippen LogP contribution in [-0.4, -0.2) is 49.0 Å². The summed E-state index contributed by atoms with van der Waals surface area (Å²) in [4.78, 5) is 38.6. The van der Waals surface area contributed by atoms with Gasteiger partial charge in [-0.3, -0.25) is 19.3 Å². The van der Waals surface area contributed by atoms with Gasteiger partial charge in [0.2, 0.25) is 5.91 Å². The molecule has 1 heterocycles. The van der Waals surface area contributed by atoms with Gasteiger partial charge in [-0.05, 0) is 55.8 Å². The van der Waals surface area contributed by atoms with Gasteiger partial charge in [0, 0.05) is 25.4 Å². The molecule has 2 aromatic carbocycles.